The Balaban J connectivity index is 1.67. The van der Waals surface area contributed by atoms with Crippen LogP contribution in [0.2, 0.25) is 5.02 Å². The number of rotatable bonds is 4. The Morgan fingerprint density at radius 2 is 1.82 bits per heavy atom. The van der Waals surface area contributed by atoms with Crippen molar-refractivity contribution < 1.29 is 14.3 Å². The van der Waals surface area contributed by atoms with Crippen molar-refractivity contribution in [3.05, 3.63) is 81.7 Å². The first kappa shape index (κ1) is 18.6. The summed E-state index contributed by atoms with van der Waals surface area (Å²) in [6, 6.07) is 18.7. The van der Waals surface area contributed by atoms with E-state index in [0.717, 1.165) is 39.4 Å². The highest BCUT2D eigenvalue weighted by Crippen LogP contribution is 2.36. The predicted molar refractivity (Wildman–Crippen MR) is 113 cm³/mol. The van der Waals surface area contributed by atoms with Crippen LogP contribution in [0.1, 0.15) is 11.1 Å². The predicted octanol–water partition coefficient (Wildman–Crippen LogP) is 5.74. The quantitative estimate of drug-likeness (QED) is 0.515. The number of fused-ring (bicyclic) bond motifs is 1. The lowest BCUT2D eigenvalue weighted by Crippen LogP contribution is -2.27. The van der Waals surface area contributed by atoms with Crippen LogP contribution in [0.3, 0.4) is 0 Å². The van der Waals surface area contributed by atoms with Gasteiger partial charge in [-0.2, -0.15) is 0 Å². The van der Waals surface area contributed by atoms with E-state index >= 15 is 0 Å². The minimum atomic E-state index is -0.296. The maximum Gasteiger partial charge on any atom is 0.293 e. The molecule has 0 atom stereocenters. The zero-order valence-electron chi connectivity index (χ0n) is 15.0. The first-order valence-electron chi connectivity index (χ1n) is 8.62. The third kappa shape index (κ3) is 3.51. The summed E-state index contributed by atoms with van der Waals surface area (Å²) in [5.41, 5.74) is 1.68. The van der Waals surface area contributed by atoms with Crippen LogP contribution in [-0.4, -0.2) is 23.2 Å². The first-order valence-corrected chi connectivity index (χ1v) is 9.82. The number of carbonyl (C=O) groups excluding carboxylic acids is 2. The van der Waals surface area contributed by atoms with Crippen molar-refractivity contribution in [3.8, 4) is 5.75 Å². The summed E-state index contributed by atoms with van der Waals surface area (Å²) in [6.07, 6.45) is 1.77. The number of carbonyl (C=O) groups is 2. The molecule has 4 rings (SSSR count). The molecule has 0 radical (unpaired) electrons. The van der Waals surface area contributed by atoms with Gasteiger partial charge in [0.15, 0.2) is 0 Å². The summed E-state index contributed by atoms with van der Waals surface area (Å²) in [5, 5.41) is 2.21. The van der Waals surface area contributed by atoms with Gasteiger partial charge in [0.25, 0.3) is 11.1 Å². The lowest BCUT2D eigenvalue weighted by atomic mass is 10.0. The van der Waals surface area contributed by atoms with Crippen LogP contribution in [0.5, 0.6) is 5.75 Å². The number of hydrogen-bond donors (Lipinski definition) is 0. The van der Waals surface area contributed by atoms with Crippen molar-refractivity contribution in [2.75, 3.05) is 7.11 Å². The van der Waals surface area contributed by atoms with Crippen molar-refractivity contribution in [1.82, 2.24) is 4.90 Å². The van der Waals surface area contributed by atoms with Gasteiger partial charge in [0.05, 0.1) is 18.6 Å². The number of halogens is 1. The molecule has 4 nitrogen and oxygen atoms in total. The van der Waals surface area contributed by atoms with Crippen LogP contribution in [0.25, 0.3) is 16.8 Å². The SMILES string of the molecule is COc1ccc(/C=C2\SC(=O)N(Cc3cccc(Cl)c3)C2=O)c2ccccc12. The van der Waals surface area contributed by atoms with Crippen molar-refractivity contribution in [2.45, 2.75) is 6.54 Å². The molecule has 0 spiro atoms. The van der Waals surface area contributed by atoms with E-state index in [4.69, 9.17) is 16.3 Å². The molecule has 1 heterocycles. The van der Waals surface area contributed by atoms with E-state index in [9.17, 15) is 9.59 Å². The van der Waals surface area contributed by atoms with Gasteiger partial charge >= 0.3 is 0 Å². The largest absolute Gasteiger partial charge is 0.496 e. The Kier molecular flexibility index (Phi) is 5.11. The van der Waals surface area contributed by atoms with Crippen molar-refractivity contribution >= 4 is 51.4 Å². The number of methoxy groups -OCH3 is 1. The highest BCUT2D eigenvalue weighted by molar-refractivity contribution is 8.18. The van der Waals surface area contributed by atoms with Gasteiger partial charge in [0, 0.05) is 10.4 Å². The molecule has 140 valence electrons. The van der Waals surface area contributed by atoms with Crippen LogP contribution in [0.15, 0.2) is 65.6 Å². The minimum Gasteiger partial charge on any atom is -0.496 e. The van der Waals surface area contributed by atoms with Gasteiger partial charge in [-0.25, -0.2) is 0 Å². The number of imide groups is 1. The topological polar surface area (TPSA) is 46.6 Å². The van der Waals surface area contributed by atoms with Gasteiger partial charge in [0.1, 0.15) is 5.75 Å². The van der Waals surface area contributed by atoms with Crippen LogP contribution in [0.4, 0.5) is 4.79 Å². The van der Waals surface area contributed by atoms with E-state index in [0.29, 0.717) is 9.93 Å². The highest BCUT2D eigenvalue weighted by atomic mass is 35.5. The number of hydrogen-bond acceptors (Lipinski definition) is 4. The summed E-state index contributed by atoms with van der Waals surface area (Å²) in [5.74, 6) is 0.469. The summed E-state index contributed by atoms with van der Waals surface area (Å²) in [7, 11) is 1.63. The maximum atomic E-state index is 12.8. The van der Waals surface area contributed by atoms with Gasteiger partial charge in [-0.1, -0.05) is 54.1 Å². The number of amides is 2. The second-order valence-corrected chi connectivity index (χ2v) is 7.73. The monoisotopic (exact) mass is 409 g/mol. The fourth-order valence-corrected chi connectivity index (χ4v) is 4.24. The maximum absolute atomic E-state index is 12.8. The molecular weight excluding hydrogens is 394 g/mol. The van der Waals surface area contributed by atoms with E-state index in [1.165, 1.54) is 4.90 Å². The minimum absolute atomic E-state index is 0.200. The normalized spacial score (nSPS) is 15.6. The molecule has 2 amide bonds. The van der Waals surface area contributed by atoms with Gasteiger partial charge in [0.2, 0.25) is 0 Å². The molecule has 0 N–H and O–H groups in total. The lowest BCUT2D eigenvalue weighted by Gasteiger charge is -2.12. The second kappa shape index (κ2) is 7.70. The van der Waals surface area contributed by atoms with E-state index in [2.05, 4.69) is 0 Å². The second-order valence-electron chi connectivity index (χ2n) is 6.30. The number of thioether (sulfide) groups is 1. The smallest absolute Gasteiger partial charge is 0.293 e. The fraction of sp³-hybridized carbons (Fsp3) is 0.0909. The number of nitrogens with zero attached hydrogens (tertiary/aromatic N) is 1. The molecule has 1 aliphatic rings. The molecule has 0 saturated carbocycles. The standard InChI is InChI=1S/C22H16ClNO3S/c1-27-19-10-9-15(17-7-2-3-8-18(17)19)12-20-21(25)24(22(26)28-20)13-14-5-4-6-16(23)11-14/h2-12H,13H2,1H3/b20-12-. The van der Waals surface area contributed by atoms with Gasteiger partial charge in [-0.15, -0.1) is 0 Å². The molecule has 1 aliphatic heterocycles. The molecule has 6 heteroatoms. The van der Waals surface area contributed by atoms with E-state index in [-0.39, 0.29) is 17.7 Å². The molecular formula is C22H16ClNO3S. The average Bonchev–Trinajstić information content (AvgIpc) is 2.96. The van der Waals surface area contributed by atoms with Gasteiger partial charge < -0.3 is 4.74 Å². The van der Waals surface area contributed by atoms with E-state index in [1.807, 2.05) is 42.5 Å². The Bertz CT molecular complexity index is 1130. The Morgan fingerprint density at radius 1 is 1.04 bits per heavy atom. The highest BCUT2D eigenvalue weighted by Gasteiger charge is 2.35. The van der Waals surface area contributed by atoms with Crippen LogP contribution >= 0.6 is 23.4 Å². The zero-order valence-corrected chi connectivity index (χ0v) is 16.6. The molecule has 0 unspecified atom stereocenters. The Labute approximate surface area is 171 Å². The van der Waals surface area contributed by atoms with Crippen molar-refractivity contribution in [3.63, 3.8) is 0 Å². The van der Waals surface area contributed by atoms with Gasteiger partial charge in [-0.05, 0) is 52.6 Å². The summed E-state index contributed by atoms with van der Waals surface area (Å²) in [4.78, 5) is 26.9. The molecule has 1 saturated heterocycles. The first-order chi connectivity index (χ1) is 13.6. The average molecular weight is 410 g/mol. The molecule has 0 aromatic heterocycles. The molecule has 0 aliphatic carbocycles. The van der Waals surface area contributed by atoms with Crippen molar-refractivity contribution in [1.29, 1.82) is 0 Å². The summed E-state index contributed by atoms with van der Waals surface area (Å²) >= 11 is 6.96. The van der Waals surface area contributed by atoms with Crippen LogP contribution in [0, 0.1) is 0 Å². The van der Waals surface area contributed by atoms with Crippen LogP contribution in [-0.2, 0) is 11.3 Å². The molecule has 3 aromatic carbocycles. The number of benzene rings is 3. The number of ether oxygens (including phenoxy) is 1. The summed E-state index contributed by atoms with van der Waals surface area (Å²) in [6.45, 7) is 0.200. The molecule has 28 heavy (non-hydrogen) atoms. The third-order valence-corrected chi connectivity index (χ3v) is 5.67. The van der Waals surface area contributed by atoms with Gasteiger partial charge in [-0.3, -0.25) is 14.5 Å². The fourth-order valence-electron chi connectivity index (χ4n) is 3.19. The third-order valence-electron chi connectivity index (χ3n) is 4.53. The lowest BCUT2D eigenvalue weighted by molar-refractivity contribution is -0.123. The Morgan fingerprint density at radius 3 is 2.57 bits per heavy atom. The zero-order chi connectivity index (χ0) is 19.7. The molecule has 0 bridgehead atoms. The molecule has 1 fully saturated rings. The van der Waals surface area contributed by atoms with Crippen LogP contribution < -0.4 is 4.74 Å². The van der Waals surface area contributed by atoms with Crippen molar-refractivity contribution in [2.24, 2.45) is 0 Å². The Hall–Kier alpha value is -2.76. The summed E-state index contributed by atoms with van der Waals surface area (Å²) < 4.78 is 5.42. The van der Waals surface area contributed by atoms with E-state index < -0.39 is 0 Å². The molecule has 3 aromatic rings. The van der Waals surface area contributed by atoms with E-state index in [1.54, 1.807) is 31.4 Å².